The average Bonchev–Trinajstić information content (AvgIpc) is 2.38. The summed E-state index contributed by atoms with van der Waals surface area (Å²) in [6, 6.07) is -0.736. The van der Waals surface area contributed by atoms with E-state index in [4.69, 9.17) is 10.8 Å². The second-order valence-electron chi connectivity index (χ2n) is 2.42. The standard InChI is InChI=1S/C5H9F2NO/c6-5(7)1-3(5)4(8)2-9/h3-4,9H,1-2,8H2/t3-,4-/m1/s1. The van der Waals surface area contributed by atoms with Gasteiger partial charge in [0.25, 0.3) is 5.92 Å². The Morgan fingerprint density at radius 2 is 2.22 bits per heavy atom. The van der Waals surface area contributed by atoms with Crippen molar-refractivity contribution in [1.29, 1.82) is 0 Å². The first-order valence-electron chi connectivity index (χ1n) is 2.82. The summed E-state index contributed by atoms with van der Waals surface area (Å²) in [7, 11) is 0. The average molecular weight is 137 g/mol. The van der Waals surface area contributed by atoms with Gasteiger partial charge in [-0.05, 0) is 0 Å². The summed E-state index contributed by atoms with van der Waals surface area (Å²) < 4.78 is 24.1. The van der Waals surface area contributed by atoms with Crippen LogP contribution in [0.2, 0.25) is 0 Å². The number of alkyl halides is 2. The lowest BCUT2D eigenvalue weighted by atomic mass is 10.2. The molecule has 1 rings (SSSR count). The molecule has 0 spiro atoms. The van der Waals surface area contributed by atoms with E-state index < -0.39 is 17.9 Å². The maximum atomic E-state index is 12.0. The molecule has 0 aromatic rings. The van der Waals surface area contributed by atoms with Gasteiger partial charge < -0.3 is 10.8 Å². The lowest BCUT2D eigenvalue weighted by Crippen LogP contribution is -2.29. The predicted molar refractivity (Wildman–Crippen MR) is 28.1 cm³/mol. The van der Waals surface area contributed by atoms with E-state index in [1.54, 1.807) is 0 Å². The molecule has 1 aliphatic rings. The van der Waals surface area contributed by atoms with Crippen LogP contribution in [-0.2, 0) is 0 Å². The first kappa shape index (κ1) is 6.89. The van der Waals surface area contributed by atoms with Crippen molar-refractivity contribution in [3.8, 4) is 0 Å². The first-order valence-corrected chi connectivity index (χ1v) is 2.82. The Labute approximate surface area is 51.7 Å². The molecular formula is C5H9F2NO. The van der Waals surface area contributed by atoms with Crippen molar-refractivity contribution >= 4 is 0 Å². The van der Waals surface area contributed by atoms with Crippen LogP contribution in [0.5, 0.6) is 0 Å². The summed E-state index contributed by atoms with van der Waals surface area (Å²) in [5.41, 5.74) is 5.12. The Morgan fingerprint density at radius 1 is 1.78 bits per heavy atom. The van der Waals surface area contributed by atoms with Gasteiger partial charge in [-0.1, -0.05) is 0 Å². The molecule has 0 aromatic heterocycles. The summed E-state index contributed by atoms with van der Waals surface area (Å²) in [4.78, 5) is 0. The molecule has 0 heterocycles. The molecule has 2 nitrogen and oxygen atoms in total. The molecule has 3 N–H and O–H groups in total. The van der Waals surface area contributed by atoms with Crippen molar-refractivity contribution in [3.05, 3.63) is 0 Å². The Morgan fingerprint density at radius 3 is 2.33 bits per heavy atom. The molecule has 4 heteroatoms. The maximum Gasteiger partial charge on any atom is 0.253 e. The van der Waals surface area contributed by atoms with Gasteiger partial charge in [-0.2, -0.15) is 0 Å². The fourth-order valence-electron chi connectivity index (χ4n) is 0.826. The molecule has 0 bridgehead atoms. The molecule has 1 fully saturated rings. The van der Waals surface area contributed by atoms with E-state index in [0.29, 0.717) is 0 Å². The lowest BCUT2D eigenvalue weighted by Gasteiger charge is -2.04. The van der Waals surface area contributed by atoms with Crippen LogP contribution in [0.25, 0.3) is 0 Å². The highest BCUT2D eigenvalue weighted by Gasteiger charge is 2.59. The van der Waals surface area contributed by atoms with Crippen molar-refractivity contribution in [2.75, 3.05) is 6.61 Å². The zero-order chi connectivity index (χ0) is 7.07. The van der Waals surface area contributed by atoms with Gasteiger partial charge in [-0.3, -0.25) is 0 Å². The van der Waals surface area contributed by atoms with Crippen LogP contribution in [-0.4, -0.2) is 23.7 Å². The van der Waals surface area contributed by atoms with E-state index in [9.17, 15) is 8.78 Å². The zero-order valence-corrected chi connectivity index (χ0v) is 4.85. The van der Waals surface area contributed by atoms with Crippen LogP contribution >= 0.6 is 0 Å². The topological polar surface area (TPSA) is 46.2 Å². The normalized spacial score (nSPS) is 34.0. The predicted octanol–water partition coefficient (Wildman–Crippen LogP) is -0.0388. The number of hydrogen-bond donors (Lipinski definition) is 2. The fraction of sp³-hybridized carbons (Fsp3) is 1.00. The third-order valence-electron chi connectivity index (χ3n) is 1.60. The Hall–Kier alpha value is -0.220. The number of rotatable bonds is 2. The summed E-state index contributed by atoms with van der Waals surface area (Å²) in [6.07, 6.45) is -0.158. The van der Waals surface area contributed by atoms with E-state index in [1.807, 2.05) is 0 Å². The van der Waals surface area contributed by atoms with Crippen molar-refractivity contribution < 1.29 is 13.9 Å². The number of aliphatic hydroxyl groups excluding tert-OH is 1. The van der Waals surface area contributed by atoms with Gasteiger partial charge in [0.15, 0.2) is 0 Å². The van der Waals surface area contributed by atoms with Crippen molar-refractivity contribution in [1.82, 2.24) is 0 Å². The SMILES string of the molecule is N[C@H](CO)[C@H]1CC1(F)F. The molecule has 54 valence electrons. The zero-order valence-electron chi connectivity index (χ0n) is 4.85. The van der Waals surface area contributed by atoms with Gasteiger partial charge in [0.1, 0.15) is 0 Å². The molecule has 0 saturated heterocycles. The molecule has 0 amide bonds. The van der Waals surface area contributed by atoms with Gasteiger partial charge >= 0.3 is 0 Å². The van der Waals surface area contributed by atoms with Crippen LogP contribution in [0.15, 0.2) is 0 Å². The highest BCUT2D eigenvalue weighted by atomic mass is 19.3. The largest absolute Gasteiger partial charge is 0.395 e. The van der Waals surface area contributed by atoms with Crippen molar-refractivity contribution in [2.45, 2.75) is 18.4 Å². The van der Waals surface area contributed by atoms with Crippen molar-refractivity contribution in [3.63, 3.8) is 0 Å². The summed E-state index contributed by atoms with van der Waals surface area (Å²) in [5.74, 6) is -3.37. The molecule has 0 radical (unpaired) electrons. The molecule has 1 saturated carbocycles. The molecule has 9 heavy (non-hydrogen) atoms. The van der Waals surface area contributed by atoms with E-state index in [2.05, 4.69) is 0 Å². The van der Waals surface area contributed by atoms with Crippen LogP contribution in [0.1, 0.15) is 6.42 Å². The van der Waals surface area contributed by atoms with Gasteiger partial charge in [-0.15, -0.1) is 0 Å². The van der Waals surface area contributed by atoms with Gasteiger partial charge in [0, 0.05) is 18.4 Å². The first-order chi connectivity index (χ1) is 4.08. The van der Waals surface area contributed by atoms with E-state index in [0.717, 1.165) is 0 Å². The van der Waals surface area contributed by atoms with E-state index in [-0.39, 0.29) is 13.0 Å². The quantitative estimate of drug-likeness (QED) is 0.561. The van der Waals surface area contributed by atoms with E-state index >= 15 is 0 Å². The minimum atomic E-state index is -2.60. The van der Waals surface area contributed by atoms with Crippen LogP contribution < -0.4 is 5.73 Å². The molecule has 1 aliphatic carbocycles. The summed E-state index contributed by atoms with van der Waals surface area (Å²) in [6.45, 7) is -0.347. The second-order valence-corrected chi connectivity index (χ2v) is 2.42. The number of nitrogens with two attached hydrogens (primary N) is 1. The maximum absolute atomic E-state index is 12.0. The highest BCUT2D eigenvalue weighted by Crippen LogP contribution is 2.49. The Kier molecular flexibility index (Phi) is 1.44. The monoisotopic (exact) mass is 137 g/mol. The van der Waals surface area contributed by atoms with Crippen LogP contribution in [0.4, 0.5) is 8.78 Å². The Bertz CT molecular complexity index is 118. The van der Waals surface area contributed by atoms with Gasteiger partial charge in [-0.25, -0.2) is 8.78 Å². The second kappa shape index (κ2) is 1.88. The van der Waals surface area contributed by atoms with Crippen LogP contribution in [0.3, 0.4) is 0 Å². The highest BCUT2D eigenvalue weighted by molar-refractivity contribution is 5.00. The Balaban J connectivity index is 2.33. The third kappa shape index (κ3) is 1.19. The fourth-order valence-corrected chi connectivity index (χ4v) is 0.826. The molecule has 0 aromatic carbocycles. The van der Waals surface area contributed by atoms with Crippen LogP contribution in [0, 0.1) is 5.92 Å². The van der Waals surface area contributed by atoms with Gasteiger partial charge in [0.2, 0.25) is 0 Å². The smallest absolute Gasteiger partial charge is 0.253 e. The lowest BCUT2D eigenvalue weighted by molar-refractivity contribution is 0.0858. The minimum Gasteiger partial charge on any atom is -0.395 e. The van der Waals surface area contributed by atoms with Gasteiger partial charge in [0.05, 0.1) is 6.61 Å². The summed E-state index contributed by atoms with van der Waals surface area (Å²) in [5, 5.41) is 8.32. The number of aliphatic hydroxyl groups is 1. The molecular weight excluding hydrogens is 128 g/mol. The number of halogens is 2. The molecule has 0 aliphatic heterocycles. The summed E-state index contributed by atoms with van der Waals surface area (Å²) >= 11 is 0. The van der Waals surface area contributed by atoms with Crippen molar-refractivity contribution in [2.24, 2.45) is 11.7 Å². The molecule has 0 unspecified atom stereocenters. The number of hydrogen-bond acceptors (Lipinski definition) is 2. The third-order valence-corrected chi connectivity index (χ3v) is 1.60. The molecule has 2 atom stereocenters. The minimum absolute atomic E-state index is 0.158. The van der Waals surface area contributed by atoms with E-state index in [1.165, 1.54) is 0 Å².